The van der Waals surface area contributed by atoms with Crippen LogP contribution in [0.15, 0.2) is 0 Å². The highest BCUT2D eigenvalue weighted by Gasteiger charge is 2.37. The molecule has 0 aromatic carbocycles. The zero-order chi connectivity index (χ0) is 17.3. The van der Waals surface area contributed by atoms with Crippen LogP contribution in [0.1, 0.15) is 72.6 Å². The SMILES string of the molecule is CCCCCCCOC1(CI)CCN(C(=O)OC(C)(C)C)CC1. The molecule has 1 fully saturated rings. The summed E-state index contributed by atoms with van der Waals surface area (Å²) < 4.78 is 12.7. The smallest absolute Gasteiger partial charge is 0.410 e. The largest absolute Gasteiger partial charge is 0.444 e. The van der Waals surface area contributed by atoms with Gasteiger partial charge >= 0.3 is 6.09 Å². The number of halogens is 1. The van der Waals surface area contributed by atoms with Gasteiger partial charge in [-0.15, -0.1) is 0 Å². The fraction of sp³-hybridized carbons (Fsp3) is 0.944. The fourth-order valence-corrected chi connectivity index (χ4v) is 3.72. The molecule has 4 nitrogen and oxygen atoms in total. The quantitative estimate of drug-likeness (QED) is 0.297. The number of ether oxygens (including phenoxy) is 2. The molecule has 1 heterocycles. The first kappa shape index (κ1) is 21.0. The summed E-state index contributed by atoms with van der Waals surface area (Å²) in [6.07, 6.45) is 7.93. The van der Waals surface area contributed by atoms with Crippen molar-refractivity contribution < 1.29 is 14.3 Å². The molecule has 1 aliphatic rings. The van der Waals surface area contributed by atoms with Crippen molar-refractivity contribution in [3.8, 4) is 0 Å². The van der Waals surface area contributed by atoms with Gasteiger partial charge in [0.2, 0.25) is 0 Å². The Morgan fingerprint density at radius 3 is 2.26 bits per heavy atom. The van der Waals surface area contributed by atoms with Crippen molar-refractivity contribution in [3.05, 3.63) is 0 Å². The number of nitrogens with zero attached hydrogens (tertiary/aromatic N) is 1. The summed E-state index contributed by atoms with van der Waals surface area (Å²) >= 11 is 2.42. The highest BCUT2D eigenvalue weighted by atomic mass is 127. The monoisotopic (exact) mass is 439 g/mol. The van der Waals surface area contributed by atoms with Gasteiger partial charge < -0.3 is 14.4 Å². The van der Waals surface area contributed by atoms with Crippen LogP contribution in [0.4, 0.5) is 4.79 Å². The van der Waals surface area contributed by atoms with Gasteiger partial charge in [-0.05, 0) is 40.0 Å². The molecule has 0 aromatic rings. The zero-order valence-electron chi connectivity index (χ0n) is 15.3. The molecule has 5 heteroatoms. The molecule has 1 aliphatic heterocycles. The molecule has 23 heavy (non-hydrogen) atoms. The number of alkyl halides is 1. The predicted octanol–water partition coefficient (Wildman–Crippen LogP) is 5.18. The molecular weight excluding hydrogens is 405 g/mol. The van der Waals surface area contributed by atoms with Crippen LogP contribution in [0.2, 0.25) is 0 Å². The molecule has 1 rings (SSSR count). The first-order chi connectivity index (χ1) is 10.8. The standard InChI is InChI=1S/C18H34INO3/c1-5-6-7-8-9-14-22-18(15-19)10-12-20(13-11-18)16(21)23-17(2,3)4/h5-15H2,1-4H3. The molecule has 136 valence electrons. The second-order valence-electron chi connectivity index (χ2n) is 7.55. The van der Waals surface area contributed by atoms with Gasteiger partial charge in [0.05, 0.1) is 5.60 Å². The van der Waals surface area contributed by atoms with Gasteiger partial charge in [-0.25, -0.2) is 4.79 Å². The molecule has 0 aliphatic carbocycles. The Hall–Kier alpha value is -0.0400. The van der Waals surface area contributed by atoms with Crippen LogP contribution in [0.5, 0.6) is 0 Å². The van der Waals surface area contributed by atoms with Gasteiger partial charge in [0.1, 0.15) is 5.60 Å². The number of likely N-dealkylation sites (tertiary alicyclic amines) is 1. The van der Waals surface area contributed by atoms with Crippen molar-refractivity contribution in [1.82, 2.24) is 4.90 Å². The normalized spacial score (nSPS) is 18.0. The van der Waals surface area contributed by atoms with E-state index in [4.69, 9.17) is 9.47 Å². The number of amides is 1. The Kier molecular flexibility index (Phi) is 9.19. The van der Waals surface area contributed by atoms with E-state index in [0.717, 1.165) is 43.4 Å². The number of carbonyl (C=O) groups is 1. The van der Waals surface area contributed by atoms with E-state index in [1.807, 2.05) is 25.7 Å². The van der Waals surface area contributed by atoms with E-state index in [1.54, 1.807) is 0 Å². The Bertz CT molecular complexity index is 347. The minimum atomic E-state index is -0.427. The van der Waals surface area contributed by atoms with Gasteiger partial charge in [0, 0.05) is 24.1 Å². The Balaban J connectivity index is 2.33. The Morgan fingerprint density at radius 2 is 1.74 bits per heavy atom. The number of hydrogen-bond acceptors (Lipinski definition) is 3. The number of piperidine rings is 1. The third-order valence-electron chi connectivity index (χ3n) is 4.23. The zero-order valence-corrected chi connectivity index (χ0v) is 17.5. The van der Waals surface area contributed by atoms with Crippen LogP contribution in [0, 0.1) is 0 Å². The highest BCUT2D eigenvalue weighted by Crippen LogP contribution is 2.30. The lowest BCUT2D eigenvalue weighted by atomic mass is 9.93. The van der Waals surface area contributed by atoms with E-state index >= 15 is 0 Å². The number of rotatable bonds is 8. The molecule has 0 N–H and O–H groups in total. The van der Waals surface area contributed by atoms with E-state index in [-0.39, 0.29) is 11.7 Å². The van der Waals surface area contributed by atoms with Crippen molar-refractivity contribution in [2.24, 2.45) is 0 Å². The third kappa shape index (κ3) is 8.05. The maximum absolute atomic E-state index is 12.1. The van der Waals surface area contributed by atoms with E-state index in [9.17, 15) is 4.79 Å². The molecule has 0 aromatic heterocycles. The molecule has 0 saturated carbocycles. The van der Waals surface area contributed by atoms with Crippen molar-refractivity contribution in [2.75, 3.05) is 24.1 Å². The lowest BCUT2D eigenvalue weighted by molar-refractivity contribution is -0.0684. The lowest BCUT2D eigenvalue weighted by Crippen LogP contribution is -2.50. The fourth-order valence-electron chi connectivity index (χ4n) is 2.73. The maximum Gasteiger partial charge on any atom is 0.410 e. The topological polar surface area (TPSA) is 38.8 Å². The van der Waals surface area contributed by atoms with Gasteiger partial charge in [0.15, 0.2) is 0 Å². The molecule has 0 radical (unpaired) electrons. The van der Waals surface area contributed by atoms with Crippen molar-refractivity contribution >= 4 is 28.7 Å². The molecule has 0 spiro atoms. The van der Waals surface area contributed by atoms with Gasteiger partial charge in [-0.2, -0.15) is 0 Å². The second kappa shape index (κ2) is 10.1. The van der Waals surface area contributed by atoms with E-state index in [0.29, 0.717) is 0 Å². The van der Waals surface area contributed by atoms with Crippen LogP contribution < -0.4 is 0 Å². The minimum Gasteiger partial charge on any atom is -0.444 e. The molecular formula is C18H34INO3. The molecule has 0 unspecified atom stereocenters. The average molecular weight is 439 g/mol. The maximum atomic E-state index is 12.1. The predicted molar refractivity (Wildman–Crippen MR) is 103 cm³/mol. The van der Waals surface area contributed by atoms with Crippen LogP contribution in [-0.2, 0) is 9.47 Å². The lowest BCUT2D eigenvalue weighted by Gasteiger charge is -2.41. The van der Waals surface area contributed by atoms with E-state index in [1.165, 1.54) is 25.7 Å². The Labute approximate surface area is 155 Å². The highest BCUT2D eigenvalue weighted by molar-refractivity contribution is 14.1. The summed E-state index contributed by atoms with van der Waals surface area (Å²) in [7, 11) is 0. The molecule has 0 bridgehead atoms. The summed E-state index contributed by atoms with van der Waals surface area (Å²) in [5.74, 6) is 0. The summed E-state index contributed by atoms with van der Waals surface area (Å²) in [5, 5.41) is 0. The summed E-state index contributed by atoms with van der Waals surface area (Å²) in [4.78, 5) is 14.0. The average Bonchev–Trinajstić information content (AvgIpc) is 2.49. The van der Waals surface area contributed by atoms with Gasteiger partial charge in [-0.1, -0.05) is 55.2 Å². The molecule has 0 atom stereocenters. The van der Waals surface area contributed by atoms with E-state index in [2.05, 4.69) is 29.5 Å². The first-order valence-corrected chi connectivity index (χ1v) is 10.5. The van der Waals surface area contributed by atoms with Crippen molar-refractivity contribution in [3.63, 3.8) is 0 Å². The van der Waals surface area contributed by atoms with Crippen LogP contribution in [0.3, 0.4) is 0 Å². The van der Waals surface area contributed by atoms with E-state index < -0.39 is 5.60 Å². The van der Waals surface area contributed by atoms with Gasteiger partial charge in [-0.3, -0.25) is 0 Å². The summed E-state index contributed by atoms with van der Waals surface area (Å²) in [6, 6.07) is 0. The van der Waals surface area contributed by atoms with Crippen molar-refractivity contribution in [2.45, 2.75) is 83.8 Å². The Morgan fingerprint density at radius 1 is 1.13 bits per heavy atom. The summed E-state index contributed by atoms with van der Waals surface area (Å²) in [6.45, 7) is 10.3. The third-order valence-corrected chi connectivity index (χ3v) is 5.62. The number of hydrogen-bond donors (Lipinski definition) is 0. The van der Waals surface area contributed by atoms with Crippen LogP contribution in [-0.4, -0.2) is 46.3 Å². The number of unbranched alkanes of at least 4 members (excludes halogenated alkanes) is 4. The van der Waals surface area contributed by atoms with Crippen LogP contribution in [0.25, 0.3) is 0 Å². The van der Waals surface area contributed by atoms with Crippen molar-refractivity contribution in [1.29, 1.82) is 0 Å². The number of carbonyl (C=O) groups excluding carboxylic acids is 1. The van der Waals surface area contributed by atoms with Gasteiger partial charge in [0.25, 0.3) is 0 Å². The minimum absolute atomic E-state index is 0.0518. The molecule has 1 amide bonds. The second-order valence-corrected chi connectivity index (χ2v) is 8.31. The first-order valence-electron chi connectivity index (χ1n) is 9.00. The molecule has 1 saturated heterocycles. The summed E-state index contributed by atoms with van der Waals surface area (Å²) in [5.41, 5.74) is -0.478. The van der Waals surface area contributed by atoms with Crippen LogP contribution >= 0.6 is 22.6 Å².